The molecule has 10 heteroatoms. The van der Waals surface area contributed by atoms with Gasteiger partial charge in [-0.2, -0.15) is 0 Å². The molecule has 0 radical (unpaired) electrons. The van der Waals surface area contributed by atoms with Crippen molar-refractivity contribution in [2.24, 2.45) is 0 Å². The quantitative estimate of drug-likeness (QED) is 0.693. The first kappa shape index (κ1) is 18.3. The van der Waals surface area contributed by atoms with Gasteiger partial charge in [-0.05, 0) is 65.4 Å². The summed E-state index contributed by atoms with van der Waals surface area (Å²) in [5.74, 6) is -0.702. The number of anilines is 2. The van der Waals surface area contributed by atoms with Crippen molar-refractivity contribution in [3.8, 4) is 5.69 Å². The molecule has 0 bridgehead atoms. The van der Waals surface area contributed by atoms with Crippen LogP contribution in [0.25, 0.3) is 5.69 Å². The van der Waals surface area contributed by atoms with Crippen molar-refractivity contribution in [3.63, 3.8) is 0 Å². The van der Waals surface area contributed by atoms with Gasteiger partial charge >= 0.3 is 0 Å². The largest absolute Gasteiger partial charge is 0.322 e. The van der Waals surface area contributed by atoms with E-state index in [0.29, 0.717) is 16.9 Å². The standard InChI is InChI=1S/C19H17N7O3/c1-12-10-14(4-7-16(12)25-11-20-23-24-25)21-19(29)13-2-5-15(6-3-13)26-18(28)9-8-17(27)22-26/h2-7,10-11H,8-9H2,1H3,(H,21,29)(H,22,27). The molecule has 10 nitrogen and oxygen atoms in total. The molecule has 2 N–H and O–H groups in total. The summed E-state index contributed by atoms with van der Waals surface area (Å²) in [5.41, 5.74) is 5.78. The van der Waals surface area contributed by atoms with Crippen LogP contribution < -0.4 is 15.8 Å². The van der Waals surface area contributed by atoms with Gasteiger partial charge in [0, 0.05) is 24.1 Å². The number of nitrogens with zero attached hydrogens (tertiary/aromatic N) is 5. The molecule has 1 aliphatic rings. The first-order valence-electron chi connectivity index (χ1n) is 8.89. The highest BCUT2D eigenvalue weighted by Crippen LogP contribution is 2.20. The summed E-state index contributed by atoms with van der Waals surface area (Å²) < 4.78 is 1.54. The molecule has 1 aliphatic heterocycles. The Morgan fingerprint density at radius 2 is 1.90 bits per heavy atom. The van der Waals surface area contributed by atoms with E-state index in [1.165, 1.54) is 11.3 Å². The maximum Gasteiger partial charge on any atom is 0.255 e. The number of benzene rings is 2. The van der Waals surface area contributed by atoms with Crippen LogP contribution in [-0.2, 0) is 9.59 Å². The van der Waals surface area contributed by atoms with E-state index in [0.717, 1.165) is 11.3 Å². The Kier molecular flexibility index (Phi) is 4.73. The van der Waals surface area contributed by atoms with Crippen molar-refractivity contribution in [2.75, 3.05) is 10.3 Å². The fourth-order valence-corrected chi connectivity index (χ4v) is 3.01. The van der Waals surface area contributed by atoms with Gasteiger partial charge in [-0.15, -0.1) is 5.10 Å². The zero-order valence-electron chi connectivity index (χ0n) is 15.5. The summed E-state index contributed by atoms with van der Waals surface area (Å²) in [7, 11) is 0. The number of amides is 3. The number of aryl methyl sites for hydroxylation is 1. The second kappa shape index (κ2) is 7.50. The molecule has 0 aliphatic carbocycles. The number of nitrogens with one attached hydrogen (secondary N) is 2. The van der Waals surface area contributed by atoms with Crippen molar-refractivity contribution in [3.05, 3.63) is 59.9 Å². The molecule has 29 heavy (non-hydrogen) atoms. The van der Waals surface area contributed by atoms with Crippen molar-refractivity contribution < 1.29 is 14.4 Å². The zero-order chi connectivity index (χ0) is 20.4. The van der Waals surface area contributed by atoms with E-state index in [4.69, 9.17) is 0 Å². The molecule has 0 atom stereocenters. The summed E-state index contributed by atoms with van der Waals surface area (Å²) >= 11 is 0. The van der Waals surface area contributed by atoms with E-state index in [1.807, 2.05) is 19.1 Å². The SMILES string of the molecule is Cc1cc(NC(=O)c2ccc(N3NC(=O)CCC3=O)cc2)ccc1-n1cnnn1. The average Bonchev–Trinajstić information content (AvgIpc) is 3.24. The van der Waals surface area contributed by atoms with Gasteiger partial charge in [-0.25, -0.2) is 9.69 Å². The molecule has 3 aromatic rings. The van der Waals surface area contributed by atoms with Gasteiger partial charge in [0.1, 0.15) is 6.33 Å². The van der Waals surface area contributed by atoms with Gasteiger partial charge in [0.15, 0.2) is 0 Å². The van der Waals surface area contributed by atoms with Crippen molar-refractivity contribution >= 4 is 29.1 Å². The lowest BCUT2D eigenvalue weighted by atomic mass is 10.1. The van der Waals surface area contributed by atoms with Gasteiger partial charge in [0.2, 0.25) is 11.8 Å². The third-order valence-electron chi connectivity index (χ3n) is 4.49. The fourth-order valence-electron chi connectivity index (χ4n) is 3.01. The summed E-state index contributed by atoms with van der Waals surface area (Å²) in [6.07, 6.45) is 1.84. The lowest BCUT2D eigenvalue weighted by Crippen LogP contribution is -2.50. The predicted molar refractivity (Wildman–Crippen MR) is 103 cm³/mol. The van der Waals surface area contributed by atoms with E-state index < -0.39 is 0 Å². The van der Waals surface area contributed by atoms with Crippen molar-refractivity contribution in [1.29, 1.82) is 0 Å². The normalized spacial score (nSPS) is 13.9. The second-order valence-corrected chi connectivity index (χ2v) is 6.52. The van der Waals surface area contributed by atoms with Gasteiger partial charge in [-0.3, -0.25) is 19.8 Å². The molecule has 4 rings (SSSR count). The lowest BCUT2D eigenvalue weighted by molar-refractivity contribution is -0.130. The number of aromatic nitrogens is 4. The number of hydrazine groups is 1. The van der Waals surface area contributed by atoms with Crippen LogP contribution in [0.4, 0.5) is 11.4 Å². The first-order valence-corrected chi connectivity index (χ1v) is 8.89. The summed E-state index contributed by atoms with van der Waals surface area (Å²) in [4.78, 5) is 36.0. The number of hydrogen-bond acceptors (Lipinski definition) is 6. The Labute approximate surface area is 165 Å². The minimum absolute atomic E-state index is 0.161. The van der Waals surface area contributed by atoms with Gasteiger partial charge in [-0.1, -0.05) is 0 Å². The van der Waals surface area contributed by atoms with Crippen molar-refractivity contribution in [2.45, 2.75) is 19.8 Å². The Hall–Kier alpha value is -4.08. The zero-order valence-corrected chi connectivity index (χ0v) is 15.5. The molecule has 146 valence electrons. The Bertz CT molecular complexity index is 1080. The number of tetrazole rings is 1. The predicted octanol–water partition coefficient (Wildman–Crippen LogP) is 1.38. The number of carbonyl (C=O) groups excluding carboxylic acids is 3. The highest BCUT2D eigenvalue weighted by molar-refractivity contribution is 6.05. The maximum absolute atomic E-state index is 12.5. The molecular formula is C19H17N7O3. The summed E-state index contributed by atoms with van der Waals surface area (Å²) in [6.45, 7) is 1.89. The second-order valence-electron chi connectivity index (χ2n) is 6.52. The van der Waals surface area contributed by atoms with Crippen LogP contribution in [0.5, 0.6) is 0 Å². The lowest BCUT2D eigenvalue weighted by Gasteiger charge is -2.27. The first-order chi connectivity index (χ1) is 14.0. The molecular weight excluding hydrogens is 374 g/mol. The van der Waals surface area contributed by atoms with E-state index in [9.17, 15) is 14.4 Å². The third kappa shape index (κ3) is 3.81. The highest BCUT2D eigenvalue weighted by Gasteiger charge is 2.24. The molecule has 0 unspecified atom stereocenters. The molecule has 1 saturated heterocycles. The van der Waals surface area contributed by atoms with Gasteiger partial charge in [0.05, 0.1) is 11.4 Å². The van der Waals surface area contributed by atoms with E-state index in [1.54, 1.807) is 35.0 Å². The van der Waals surface area contributed by atoms with Crippen LogP contribution in [-0.4, -0.2) is 37.9 Å². The molecule has 1 fully saturated rings. The van der Waals surface area contributed by atoms with E-state index in [-0.39, 0.29) is 30.6 Å². The molecule has 0 saturated carbocycles. The summed E-state index contributed by atoms with van der Waals surface area (Å²) in [5, 5.41) is 15.1. The molecule has 3 amide bonds. The van der Waals surface area contributed by atoms with E-state index in [2.05, 4.69) is 26.3 Å². The number of carbonyl (C=O) groups is 3. The van der Waals surface area contributed by atoms with Gasteiger partial charge in [0.25, 0.3) is 5.91 Å². The maximum atomic E-state index is 12.5. The number of rotatable bonds is 4. The molecule has 2 heterocycles. The minimum atomic E-state index is -0.292. The monoisotopic (exact) mass is 391 g/mol. The average molecular weight is 391 g/mol. The Morgan fingerprint density at radius 3 is 2.59 bits per heavy atom. The Balaban J connectivity index is 1.47. The van der Waals surface area contributed by atoms with Gasteiger partial charge < -0.3 is 5.32 Å². The summed E-state index contributed by atoms with van der Waals surface area (Å²) in [6, 6.07) is 11.8. The smallest absolute Gasteiger partial charge is 0.255 e. The highest BCUT2D eigenvalue weighted by atomic mass is 16.2. The third-order valence-corrected chi connectivity index (χ3v) is 4.49. The van der Waals surface area contributed by atoms with Crippen LogP contribution in [0.15, 0.2) is 48.8 Å². The molecule has 0 spiro atoms. The fraction of sp³-hybridized carbons (Fsp3) is 0.158. The van der Waals surface area contributed by atoms with Crippen LogP contribution in [0.1, 0.15) is 28.8 Å². The van der Waals surface area contributed by atoms with Crippen LogP contribution >= 0.6 is 0 Å². The van der Waals surface area contributed by atoms with Crippen molar-refractivity contribution in [1.82, 2.24) is 25.6 Å². The minimum Gasteiger partial charge on any atom is -0.322 e. The Morgan fingerprint density at radius 1 is 1.10 bits per heavy atom. The number of hydrogen-bond donors (Lipinski definition) is 2. The van der Waals surface area contributed by atoms with Crippen LogP contribution in [0.2, 0.25) is 0 Å². The molecule has 2 aromatic carbocycles. The topological polar surface area (TPSA) is 122 Å². The van der Waals surface area contributed by atoms with Crippen LogP contribution in [0, 0.1) is 6.92 Å². The van der Waals surface area contributed by atoms with E-state index >= 15 is 0 Å². The molecule has 1 aromatic heterocycles. The van der Waals surface area contributed by atoms with Crippen LogP contribution in [0.3, 0.4) is 0 Å².